The number of nitrogens with zero attached hydrogens (tertiary/aromatic N) is 1. The molecule has 1 saturated heterocycles. The summed E-state index contributed by atoms with van der Waals surface area (Å²) in [4.78, 5) is 13.4. The van der Waals surface area contributed by atoms with E-state index in [9.17, 15) is 13.2 Å². The van der Waals surface area contributed by atoms with Gasteiger partial charge < -0.3 is 10.1 Å². The van der Waals surface area contributed by atoms with E-state index in [0.29, 0.717) is 30.1 Å². The first-order valence-electron chi connectivity index (χ1n) is 11.3. The molecule has 1 atom stereocenters. The van der Waals surface area contributed by atoms with Gasteiger partial charge in [-0.2, -0.15) is 4.31 Å². The zero-order valence-corrected chi connectivity index (χ0v) is 20.2. The summed E-state index contributed by atoms with van der Waals surface area (Å²) in [5.41, 5.74) is 2.00. The SMILES string of the molecule is COc1ccc([C@H](CC(C)C)NC(=O)c2ccc(C)c(S(=O)(=O)N3CCCCC3)c2)cc1. The van der Waals surface area contributed by atoms with Crippen molar-refractivity contribution in [2.75, 3.05) is 20.2 Å². The molecule has 0 saturated carbocycles. The van der Waals surface area contributed by atoms with Gasteiger partial charge in [-0.25, -0.2) is 8.42 Å². The average Bonchev–Trinajstić information content (AvgIpc) is 2.79. The quantitative estimate of drug-likeness (QED) is 0.622. The van der Waals surface area contributed by atoms with Crippen molar-refractivity contribution in [1.82, 2.24) is 9.62 Å². The van der Waals surface area contributed by atoms with E-state index < -0.39 is 10.0 Å². The van der Waals surface area contributed by atoms with Crippen molar-refractivity contribution in [2.24, 2.45) is 5.92 Å². The van der Waals surface area contributed by atoms with Gasteiger partial charge in [-0.1, -0.05) is 38.5 Å². The minimum Gasteiger partial charge on any atom is -0.497 e. The molecule has 0 radical (unpaired) electrons. The smallest absolute Gasteiger partial charge is 0.251 e. The van der Waals surface area contributed by atoms with E-state index in [1.54, 1.807) is 30.5 Å². The molecule has 1 aliphatic heterocycles. The summed E-state index contributed by atoms with van der Waals surface area (Å²) in [7, 11) is -2.00. The Bertz CT molecular complexity index is 1030. The highest BCUT2D eigenvalue weighted by Gasteiger charge is 2.28. The predicted molar refractivity (Wildman–Crippen MR) is 126 cm³/mol. The van der Waals surface area contributed by atoms with Gasteiger partial charge in [-0.05, 0) is 67.5 Å². The third-order valence-corrected chi connectivity index (χ3v) is 7.95. The second-order valence-electron chi connectivity index (χ2n) is 8.87. The highest BCUT2D eigenvalue weighted by atomic mass is 32.2. The van der Waals surface area contributed by atoms with Crippen molar-refractivity contribution in [2.45, 2.75) is 57.4 Å². The Morgan fingerprint density at radius 1 is 1.06 bits per heavy atom. The number of hydrogen-bond donors (Lipinski definition) is 1. The van der Waals surface area contributed by atoms with Crippen LogP contribution in [0.15, 0.2) is 47.4 Å². The maximum atomic E-state index is 13.2. The molecule has 7 heteroatoms. The molecule has 0 unspecified atom stereocenters. The largest absolute Gasteiger partial charge is 0.497 e. The van der Waals surface area contributed by atoms with Crippen LogP contribution in [-0.2, 0) is 10.0 Å². The number of carbonyl (C=O) groups is 1. The number of amides is 1. The topological polar surface area (TPSA) is 75.7 Å². The molecular weight excluding hydrogens is 424 g/mol. The van der Waals surface area contributed by atoms with Crippen LogP contribution in [0.25, 0.3) is 0 Å². The van der Waals surface area contributed by atoms with Gasteiger partial charge in [-0.15, -0.1) is 0 Å². The van der Waals surface area contributed by atoms with Crippen LogP contribution in [0.1, 0.15) is 67.1 Å². The van der Waals surface area contributed by atoms with Gasteiger partial charge in [0.25, 0.3) is 5.91 Å². The number of ether oxygens (including phenoxy) is 1. The zero-order chi connectivity index (χ0) is 23.3. The molecule has 174 valence electrons. The highest BCUT2D eigenvalue weighted by molar-refractivity contribution is 7.89. The summed E-state index contributed by atoms with van der Waals surface area (Å²) in [5, 5.41) is 3.11. The van der Waals surface area contributed by atoms with Crippen LogP contribution in [0.2, 0.25) is 0 Å². The molecule has 1 amide bonds. The molecule has 6 nitrogen and oxygen atoms in total. The number of carbonyl (C=O) groups excluding carboxylic acids is 1. The van der Waals surface area contributed by atoms with E-state index in [0.717, 1.165) is 37.0 Å². The van der Waals surface area contributed by atoms with E-state index in [1.165, 1.54) is 6.07 Å². The van der Waals surface area contributed by atoms with Crippen molar-refractivity contribution in [3.63, 3.8) is 0 Å². The van der Waals surface area contributed by atoms with E-state index in [2.05, 4.69) is 19.2 Å². The van der Waals surface area contributed by atoms with Crippen molar-refractivity contribution in [3.05, 3.63) is 59.2 Å². The fraction of sp³-hybridized carbons (Fsp3) is 0.480. The lowest BCUT2D eigenvalue weighted by molar-refractivity contribution is 0.0931. The molecule has 0 aromatic heterocycles. The van der Waals surface area contributed by atoms with Gasteiger partial charge in [0.05, 0.1) is 18.0 Å². The van der Waals surface area contributed by atoms with Crippen LogP contribution in [0.4, 0.5) is 0 Å². The number of piperidine rings is 1. The Hall–Kier alpha value is -2.38. The molecule has 2 aromatic carbocycles. The first-order chi connectivity index (χ1) is 15.2. The maximum absolute atomic E-state index is 13.2. The number of hydrogen-bond acceptors (Lipinski definition) is 4. The molecule has 0 spiro atoms. The molecule has 1 N–H and O–H groups in total. The Labute approximate surface area is 192 Å². The zero-order valence-electron chi connectivity index (χ0n) is 19.4. The lowest BCUT2D eigenvalue weighted by Gasteiger charge is -2.27. The summed E-state index contributed by atoms with van der Waals surface area (Å²) in [6.07, 6.45) is 3.56. The molecule has 1 aliphatic rings. The maximum Gasteiger partial charge on any atom is 0.251 e. The van der Waals surface area contributed by atoms with Crippen LogP contribution in [0.3, 0.4) is 0 Å². The molecular formula is C25H34N2O4S. The summed E-state index contributed by atoms with van der Waals surface area (Å²) in [5.74, 6) is 0.853. The molecule has 32 heavy (non-hydrogen) atoms. The number of methoxy groups -OCH3 is 1. The van der Waals surface area contributed by atoms with E-state index in [-0.39, 0.29) is 16.8 Å². The van der Waals surface area contributed by atoms with Gasteiger partial charge in [0.1, 0.15) is 5.75 Å². The van der Waals surface area contributed by atoms with Crippen molar-refractivity contribution in [3.8, 4) is 5.75 Å². The van der Waals surface area contributed by atoms with Crippen molar-refractivity contribution in [1.29, 1.82) is 0 Å². The molecule has 1 fully saturated rings. The van der Waals surface area contributed by atoms with Crippen LogP contribution >= 0.6 is 0 Å². The van der Waals surface area contributed by atoms with Crippen LogP contribution in [0, 0.1) is 12.8 Å². The minimum absolute atomic E-state index is 0.183. The standard InChI is InChI=1S/C25H34N2O4S/c1-18(2)16-23(20-10-12-22(31-4)13-11-20)26-25(28)21-9-8-19(3)24(17-21)32(29,30)27-14-6-5-7-15-27/h8-13,17-18,23H,5-7,14-16H2,1-4H3,(H,26,28)/t23-/m0/s1. The van der Waals surface area contributed by atoms with Gasteiger partial charge in [0, 0.05) is 18.7 Å². The third-order valence-electron chi connectivity index (χ3n) is 5.91. The fourth-order valence-electron chi connectivity index (χ4n) is 4.09. The molecule has 0 aliphatic carbocycles. The van der Waals surface area contributed by atoms with Gasteiger partial charge in [0.2, 0.25) is 10.0 Å². The number of aryl methyl sites for hydroxylation is 1. The van der Waals surface area contributed by atoms with E-state index in [4.69, 9.17) is 4.74 Å². The van der Waals surface area contributed by atoms with E-state index in [1.807, 2.05) is 24.3 Å². The fourth-order valence-corrected chi connectivity index (χ4v) is 5.86. The van der Waals surface area contributed by atoms with Crippen LogP contribution in [-0.4, -0.2) is 38.8 Å². The predicted octanol–water partition coefficient (Wildman–Crippen LogP) is 4.70. The molecule has 2 aromatic rings. The first-order valence-corrected chi connectivity index (χ1v) is 12.7. The molecule has 0 bridgehead atoms. The van der Waals surface area contributed by atoms with Crippen molar-refractivity contribution < 1.29 is 17.9 Å². The third kappa shape index (κ3) is 5.70. The van der Waals surface area contributed by atoms with Crippen LogP contribution < -0.4 is 10.1 Å². The molecule has 3 rings (SSSR count). The average molecular weight is 459 g/mol. The van der Waals surface area contributed by atoms with E-state index >= 15 is 0 Å². The Balaban J connectivity index is 1.86. The van der Waals surface area contributed by atoms with Gasteiger partial charge in [-0.3, -0.25) is 4.79 Å². The molecule has 1 heterocycles. The lowest BCUT2D eigenvalue weighted by atomic mass is 9.96. The summed E-state index contributed by atoms with van der Waals surface area (Å²) < 4.78 is 33.2. The highest BCUT2D eigenvalue weighted by Crippen LogP contribution is 2.27. The Morgan fingerprint density at radius 2 is 1.72 bits per heavy atom. The Kier molecular flexibility index (Phi) is 7.96. The number of nitrogens with one attached hydrogen (secondary N) is 1. The summed E-state index contributed by atoms with van der Waals surface area (Å²) >= 11 is 0. The second-order valence-corrected chi connectivity index (χ2v) is 10.8. The summed E-state index contributed by atoms with van der Waals surface area (Å²) in [6.45, 7) is 7.06. The monoisotopic (exact) mass is 458 g/mol. The first kappa shape index (κ1) is 24.3. The number of benzene rings is 2. The minimum atomic E-state index is -3.62. The van der Waals surface area contributed by atoms with Gasteiger partial charge >= 0.3 is 0 Å². The number of sulfonamides is 1. The van der Waals surface area contributed by atoms with Crippen LogP contribution in [0.5, 0.6) is 5.75 Å². The Morgan fingerprint density at radius 3 is 2.31 bits per heavy atom. The summed E-state index contributed by atoms with van der Waals surface area (Å²) in [6, 6.07) is 12.4. The van der Waals surface area contributed by atoms with Gasteiger partial charge in [0.15, 0.2) is 0 Å². The lowest BCUT2D eigenvalue weighted by Crippen LogP contribution is -2.36. The van der Waals surface area contributed by atoms with Crippen molar-refractivity contribution >= 4 is 15.9 Å². The number of rotatable bonds is 8. The second kappa shape index (κ2) is 10.5. The normalized spacial score (nSPS) is 16.0.